The van der Waals surface area contributed by atoms with Crippen LogP contribution in [0.1, 0.15) is 16.7 Å². The van der Waals surface area contributed by atoms with E-state index in [-0.39, 0.29) is 0 Å². The lowest BCUT2D eigenvalue weighted by Gasteiger charge is -2.11. The fraction of sp³-hybridized carbons (Fsp3) is 0.273. The Morgan fingerprint density at radius 3 is 2.54 bits per heavy atom. The largest absolute Gasteiger partial charge is 0.493 e. The number of methoxy groups -OCH3 is 2. The van der Waals surface area contributed by atoms with Gasteiger partial charge in [0, 0.05) is 19.3 Å². The monoisotopic (exact) mass is 378 g/mol. The standard InChI is InChI=1S/C22H26N4O2/c1-16-6-4-5-7-18(16)15-25-22-24-13-11-21(26-22)23-12-10-17-8-9-19(27-2)20(14-17)28-3/h4-9,11,13-14H,10,12,15H2,1-3H3,(H2,23,24,25,26). The van der Waals surface area contributed by atoms with Crippen LogP contribution < -0.4 is 20.1 Å². The summed E-state index contributed by atoms with van der Waals surface area (Å²) >= 11 is 0. The van der Waals surface area contributed by atoms with E-state index in [0.29, 0.717) is 12.5 Å². The van der Waals surface area contributed by atoms with E-state index in [0.717, 1.165) is 35.8 Å². The molecule has 0 saturated heterocycles. The van der Waals surface area contributed by atoms with Crippen molar-refractivity contribution in [3.8, 4) is 11.5 Å². The van der Waals surface area contributed by atoms with E-state index >= 15 is 0 Å². The van der Waals surface area contributed by atoms with E-state index in [1.54, 1.807) is 20.4 Å². The van der Waals surface area contributed by atoms with Gasteiger partial charge in [-0.05, 0) is 48.2 Å². The van der Waals surface area contributed by atoms with Crippen LogP contribution in [0.5, 0.6) is 11.5 Å². The summed E-state index contributed by atoms with van der Waals surface area (Å²) < 4.78 is 10.6. The number of rotatable bonds is 9. The van der Waals surface area contributed by atoms with E-state index in [9.17, 15) is 0 Å². The van der Waals surface area contributed by atoms with Gasteiger partial charge in [-0.1, -0.05) is 30.3 Å². The van der Waals surface area contributed by atoms with Crippen molar-refractivity contribution < 1.29 is 9.47 Å². The van der Waals surface area contributed by atoms with E-state index in [1.807, 2.05) is 36.4 Å². The molecule has 0 unspecified atom stereocenters. The number of hydrogen-bond acceptors (Lipinski definition) is 6. The van der Waals surface area contributed by atoms with E-state index < -0.39 is 0 Å². The number of anilines is 2. The maximum atomic E-state index is 5.35. The van der Waals surface area contributed by atoms with Gasteiger partial charge in [0.15, 0.2) is 11.5 Å². The molecule has 3 aromatic rings. The van der Waals surface area contributed by atoms with Crippen molar-refractivity contribution >= 4 is 11.8 Å². The van der Waals surface area contributed by atoms with Crippen LogP contribution in [-0.2, 0) is 13.0 Å². The summed E-state index contributed by atoms with van der Waals surface area (Å²) in [6, 6.07) is 16.1. The number of aryl methyl sites for hydroxylation is 1. The molecule has 0 fully saturated rings. The SMILES string of the molecule is COc1ccc(CCNc2ccnc(NCc3ccccc3C)n2)cc1OC. The second-order valence-electron chi connectivity index (χ2n) is 6.41. The lowest BCUT2D eigenvalue weighted by molar-refractivity contribution is 0.354. The molecule has 0 saturated carbocycles. The van der Waals surface area contributed by atoms with Crippen LogP contribution in [0.25, 0.3) is 0 Å². The highest BCUT2D eigenvalue weighted by Gasteiger charge is 2.05. The highest BCUT2D eigenvalue weighted by molar-refractivity contribution is 5.44. The molecule has 1 heterocycles. The lowest BCUT2D eigenvalue weighted by atomic mass is 10.1. The number of hydrogen-bond donors (Lipinski definition) is 2. The maximum absolute atomic E-state index is 5.35. The Kier molecular flexibility index (Phi) is 6.68. The molecule has 0 aliphatic carbocycles. The van der Waals surface area contributed by atoms with Gasteiger partial charge in [0.25, 0.3) is 0 Å². The Labute approximate surface area is 166 Å². The second kappa shape index (κ2) is 9.60. The maximum Gasteiger partial charge on any atom is 0.224 e. The normalized spacial score (nSPS) is 10.4. The van der Waals surface area contributed by atoms with Gasteiger partial charge in [0.2, 0.25) is 5.95 Å². The summed E-state index contributed by atoms with van der Waals surface area (Å²) in [5, 5.41) is 6.63. The van der Waals surface area contributed by atoms with Gasteiger partial charge in [-0.25, -0.2) is 4.98 Å². The Morgan fingerprint density at radius 2 is 1.75 bits per heavy atom. The molecule has 6 nitrogen and oxygen atoms in total. The molecule has 6 heteroatoms. The molecule has 0 spiro atoms. The smallest absolute Gasteiger partial charge is 0.224 e. The van der Waals surface area contributed by atoms with Gasteiger partial charge in [-0.3, -0.25) is 0 Å². The minimum atomic E-state index is 0.611. The summed E-state index contributed by atoms with van der Waals surface area (Å²) in [6.45, 7) is 3.55. The Hall–Kier alpha value is -3.28. The molecule has 28 heavy (non-hydrogen) atoms. The van der Waals surface area contributed by atoms with Crippen molar-refractivity contribution in [3.63, 3.8) is 0 Å². The predicted molar refractivity (Wildman–Crippen MR) is 112 cm³/mol. The molecule has 0 aliphatic rings. The molecule has 0 bridgehead atoms. The zero-order valence-corrected chi connectivity index (χ0v) is 16.5. The van der Waals surface area contributed by atoms with E-state index in [4.69, 9.17) is 9.47 Å². The van der Waals surface area contributed by atoms with Gasteiger partial charge in [-0.2, -0.15) is 4.98 Å². The van der Waals surface area contributed by atoms with Crippen molar-refractivity contribution in [1.82, 2.24) is 9.97 Å². The highest BCUT2D eigenvalue weighted by Crippen LogP contribution is 2.27. The third-order valence-electron chi connectivity index (χ3n) is 4.52. The fourth-order valence-electron chi connectivity index (χ4n) is 2.90. The van der Waals surface area contributed by atoms with Gasteiger partial charge < -0.3 is 20.1 Å². The summed E-state index contributed by atoms with van der Waals surface area (Å²) in [4.78, 5) is 8.83. The third-order valence-corrected chi connectivity index (χ3v) is 4.52. The van der Waals surface area contributed by atoms with Crippen LogP contribution in [0.15, 0.2) is 54.7 Å². The number of benzene rings is 2. The van der Waals surface area contributed by atoms with Crippen molar-refractivity contribution in [3.05, 3.63) is 71.4 Å². The lowest BCUT2D eigenvalue weighted by Crippen LogP contribution is -2.09. The minimum absolute atomic E-state index is 0.611. The van der Waals surface area contributed by atoms with Gasteiger partial charge in [0.05, 0.1) is 14.2 Å². The molecule has 3 rings (SSSR count). The molecule has 0 atom stereocenters. The first kappa shape index (κ1) is 19.5. The first-order valence-electron chi connectivity index (χ1n) is 9.26. The topological polar surface area (TPSA) is 68.3 Å². The zero-order chi connectivity index (χ0) is 19.8. The average molecular weight is 378 g/mol. The highest BCUT2D eigenvalue weighted by atomic mass is 16.5. The molecule has 1 aromatic heterocycles. The van der Waals surface area contributed by atoms with E-state index in [1.165, 1.54) is 11.1 Å². The van der Waals surface area contributed by atoms with Crippen LogP contribution in [0.2, 0.25) is 0 Å². The second-order valence-corrected chi connectivity index (χ2v) is 6.41. The quantitative estimate of drug-likeness (QED) is 0.585. The summed E-state index contributed by atoms with van der Waals surface area (Å²) in [7, 11) is 3.28. The first-order valence-corrected chi connectivity index (χ1v) is 9.26. The van der Waals surface area contributed by atoms with Crippen molar-refractivity contribution in [2.45, 2.75) is 19.9 Å². The number of aromatic nitrogens is 2. The number of ether oxygens (including phenoxy) is 2. The van der Waals surface area contributed by atoms with Crippen molar-refractivity contribution in [1.29, 1.82) is 0 Å². The van der Waals surface area contributed by atoms with Gasteiger partial charge >= 0.3 is 0 Å². The molecule has 0 radical (unpaired) electrons. The Balaban J connectivity index is 1.54. The molecule has 2 aromatic carbocycles. The molecule has 2 N–H and O–H groups in total. The van der Waals surface area contributed by atoms with E-state index in [2.05, 4.69) is 39.7 Å². The van der Waals surface area contributed by atoms with Crippen LogP contribution in [0.3, 0.4) is 0 Å². The zero-order valence-electron chi connectivity index (χ0n) is 16.5. The average Bonchev–Trinajstić information content (AvgIpc) is 2.73. The Morgan fingerprint density at radius 1 is 0.929 bits per heavy atom. The third kappa shape index (κ3) is 5.13. The molecule has 0 aliphatic heterocycles. The fourth-order valence-corrected chi connectivity index (χ4v) is 2.90. The molecular weight excluding hydrogens is 352 g/mol. The molecule has 146 valence electrons. The minimum Gasteiger partial charge on any atom is -0.493 e. The van der Waals surface area contributed by atoms with Crippen LogP contribution in [0.4, 0.5) is 11.8 Å². The van der Waals surface area contributed by atoms with Gasteiger partial charge in [-0.15, -0.1) is 0 Å². The van der Waals surface area contributed by atoms with Crippen LogP contribution >= 0.6 is 0 Å². The summed E-state index contributed by atoms with van der Waals surface area (Å²) in [5.41, 5.74) is 3.65. The van der Waals surface area contributed by atoms with Crippen LogP contribution in [0, 0.1) is 6.92 Å². The Bertz CT molecular complexity index is 915. The van der Waals surface area contributed by atoms with Crippen molar-refractivity contribution in [2.75, 3.05) is 31.4 Å². The van der Waals surface area contributed by atoms with Gasteiger partial charge in [0.1, 0.15) is 5.82 Å². The van der Waals surface area contributed by atoms with Crippen molar-refractivity contribution in [2.24, 2.45) is 0 Å². The number of nitrogens with one attached hydrogen (secondary N) is 2. The first-order chi connectivity index (χ1) is 13.7. The predicted octanol–water partition coefficient (Wildman–Crippen LogP) is 4.07. The summed E-state index contributed by atoms with van der Waals surface area (Å²) in [6.07, 6.45) is 2.60. The molecule has 0 amide bonds. The number of nitrogens with zero attached hydrogens (tertiary/aromatic N) is 2. The summed E-state index contributed by atoms with van der Waals surface area (Å²) in [5.74, 6) is 2.88. The molecular formula is C22H26N4O2. The van der Waals surface area contributed by atoms with Crippen LogP contribution in [-0.4, -0.2) is 30.7 Å².